The van der Waals surface area contributed by atoms with Crippen LogP contribution in [0.15, 0.2) is 70.6 Å². The van der Waals surface area contributed by atoms with Crippen LogP contribution >= 0.6 is 17.0 Å². The maximum atomic E-state index is 9.73. The molecular weight excluding hydrogens is 520 g/mol. The van der Waals surface area contributed by atoms with Crippen LogP contribution in [0.25, 0.3) is 0 Å². The van der Waals surface area contributed by atoms with Crippen molar-refractivity contribution in [2.75, 3.05) is 20.3 Å². The van der Waals surface area contributed by atoms with Crippen molar-refractivity contribution in [3.05, 3.63) is 71.8 Å². The van der Waals surface area contributed by atoms with Crippen molar-refractivity contribution in [1.82, 2.24) is 4.90 Å². The molecule has 0 bridgehead atoms. The van der Waals surface area contributed by atoms with Gasteiger partial charge in [0.25, 0.3) is 12.0 Å². The van der Waals surface area contributed by atoms with Gasteiger partial charge in [0.1, 0.15) is 12.1 Å². The molecule has 164 valence electrons. The summed E-state index contributed by atoms with van der Waals surface area (Å²) in [4.78, 5) is 10.6. The summed E-state index contributed by atoms with van der Waals surface area (Å²) in [5.74, 6) is 0. The molecule has 0 amide bonds. The average molecular weight is 544 g/mol. The Morgan fingerprint density at radius 2 is 1.16 bits per heavy atom. The molecule has 0 spiro atoms. The van der Waals surface area contributed by atoms with Crippen LogP contribution < -0.4 is 0 Å². The van der Waals surface area contributed by atoms with Crippen molar-refractivity contribution in [3.63, 3.8) is 0 Å². The number of ether oxygens (including phenoxy) is 2. The van der Waals surface area contributed by atoms with Crippen LogP contribution in [-0.4, -0.2) is 59.5 Å². The summed E-state index contributed by atoms with van der Waals surface area (Å²) in [5, 5.41) is 19.5. The molecule has 2 aromatic rings. The van der Waals surface area contributed by atoms with Gasteiger partial charge in [0.05, 0.1) is 13.2 Å². The van der Waals surface area contributed by atoms with Gasteiger partial charge in [-0.05, 0) is 11.1 Å². The average Bonchev–Trinajstić information content (AvgIpc) is 3.45. The van der Waals surface area contributed by atoms with Crippen LogP contribution in [0.4, 0.5) is 0 Å². The Bertz CT molecular complexity index is 817. The van der Waals surface area contributed by atoms with E-state index >= 15 is 0 Å². The van der Waals surface area contributed by atoms with Gasteiger partial charge in [-0.1, -0.05) is 60.7 Å². The second-order valence-electron chi connectivity index (χ2n) is 6.85. The number of halogens is 2. The molecule has 4 unspecified atom stereocenters. The molecule has 7 nitrogen and oxygen atoms in total. The number of hydrogen-bond donors (Lipinski definition) is 2. The van der Waals surface area contributed by atoms with Gasteiger partial charge in [-0.25, -0.2) is 9.98 Å². The zero-order chi connectivity index (χ0) is 22.2. The molecule has 2 aliphatic rings. The molecule has 10 heteroatoms. The zero-order valence-electron chi connectivity index (χ0n) is 16.8. The first-order valence-electron chi connectivity index (χ1n) is 9.63. The third-order valence-corrected chi connectivity index (χ3v) is 4.92. The molecule has 4 rings (SSSR count). The summed E-state index contributed by atoms with van der Waals surface area (Å²) >= 11 is -0.826. The first-order valence-corrected chi connectivity index (χ1v) is 16.0. The standard InChI is InChI=1S/C21H23N3O4.2ClH.Zr/c1-24(20-22-16(12-25)18(27-20)14-8-4-2-5-9-14)21-23-17(13-26)19(28-21)15-10-6-3-7-11-15;;;/h2-11,16-19,25-26H,12-13H2,1H3;2*1H;/q;;;+2/p-2. The van der Waals surface area contributed by atoms with E-state index in [1.165, 1.54) is 0 Å². The number of nitrogens with zero attached hydrogens (tertiary/aromatic N) is 3. The van der Waals surface area contributed by atoms with Crippen LogP contribution in [0, 0.1) is 0 Å². The summed E-state index contributed by atoms with van der Waals surface area (Å²) < 4.78 is 12.1. The predicted molar refractivity (Wildman–Crippen MR) is 117 cm³/mol. The summed E-state index contributed by atoms with van der Waals surface area (Å²) in [5.41, 5.74) is 1.89. The van der Waals surface area contributed by atoms with Crippen LogP contribution in [0.1, 0.15) is 23.3 Å². The molecule has 0 aliphatic carbocycles. The van der Waals surface area contributed by atoms with Gasteiger partial charge in [-0.3, -0.25) is 4.90 Å². The first-order chi connectivity index (χ1) is 15.1. The first kappa shape index (κ1) is 24.2. The molecule has 31 heavy (non-hydrogen) atoms. The van der Waals surface area contributed by atoms with E-state index in [2.05, 4.69) is 9.98 Å². The minimum absolute atomic E-state index is 0.129. The Morgan fingerprint density at radius 3 is 1.48 bits per heavy atom. The third kappa shape index (κ3) is 5.88. The zero-order valence-corrected chi connectivity index (χ0v) is 20.8. The molecule has 2 heterocycles. The Kier molecular flexibility index (Phi) is 9.35. The fraction of sp³-hybridized carbons (Fsp3) is 0.333. The quantitative estimate of drug-likeness (QED) is 0.619. The van der Waals surface area contributed by atoms with Crippen molar-refractivity contribution in [3.8, 4) is 0 Å². The van der Waals surface area contributed by atoms with E-state index in [0.29, 0.717) is 12.0 Å². The van der Waals surface area contributed by atoms with E-state index in [1.807, 2.05) is 60.7 Å². The van der Waals surface area contributed by atoms with Gasteiger partial charge in [-0.2, -0.15) is 0 Å². The maximum absolute atomic E-state index is 9.73. The van der Waals surface area contributed by atoms with Crippen molar-refractivity contribution < 1.29 is 40.5 Å². The molecule has 0 saturated heterocycles. The van der Waals surface area contributed by atoms with Gasteiger partial charge in [0.15, 0.2) is 12.2 Å². The fourth-order valence-corrected chi connectivity index (χ4v) is 3.42. The number of rotatable bonds is 4. The molecule has 0 saturated carbocycles. The number of aliphatic hydroxyl groups is 2. The van der Waals surface area contributed by atoms with Crippen molar-refractivity contribution >= 4 is 29.1 Å². The van der Waals surface area contributed by atoms with Crippen molar-refractivity contribution in [2.45, 2.75) is 24.3 Å². The Morgan fingerprint density at radius 1 is 0.806 bits per heavy atom. The van der Waals surface area contributed by atoms with Crippen LogP contribution in [0.2, 0.25) is 0 Å². The van der Waals surface area contributed by atoms with E-state index in [1.54, 1.807) is 11.9 Å². The Balaban J connectivity index is 0.000000858. The molecule has 0 aromatic heterocycles. The number of aliphatic hydroxyl groups excluding tert-OH is 2. The molecule has 2 aliphatic heterocycles. The predicted octanol–water partition coefficient (Wildman–Crippen LogP) is 3.27. The monoisotopic (exact) mass is 541 g/mol. The van der Waals surface area contributed by atoms with Gasteiger partial charge < -0.3 is 19.7 Å². The summed E-state index contributed by atoms with van der Waals surface area (Å²) in [6.45, 7) is -0.258. The number of aliphatic imine (C=N–C) groups is 2. The van der Waals surface area contributed by atoms with Gasteiger partial charge in [-0.15, -0.1) is 0 Å². The fourth-order valence-electron chi connectivity index (χ4n) is 3.42. The second-order valence-corrected chi connectivity index (χ2v) is 10.6. The van der Waals surface area contributed by atoms with E-state index in [0.717, 1.165) is 11.1 Å². The molecule has 2 aromatic carbocycles. The Hall–Kier alpha value is -1.44. The topological polar surface area (TPSA) is 86.9 Å². The van der Waals surface area contributed by atoms with Gasteiger partial charge in [0.2, 0.25) is 0 Å². The molecule has 0 radical (unpaired) electrons. The summed E-state index contributed by atoms with van der Waals surface area (Å²) in [7, 11) is 11.6. The molecule has 0 fully saturated rings. The van der Waals surface area contributed by atoms with Crippen LogP contribution in [-0.2, 0) is 30.3 Å². The normalized spacial score (nSPS) is 24.2. The Labute approximate surface area is 200 Å². The molecular formula is C21H23Cl2N3O4Zr. The van der Waals surface area contributed by atoms with Crippen LogP contribution in [0.3, 0.4) is 0 Å². The SMILES string of the molecule is CN(C1=NC(CO)C(c2ccccc2)O1)C1=NC(CO)C(c2ccccc2)O1.[Cl][Zr][Cl]. The van der Waals surface area contributed by atoms with E-state index in [4.69, 9.17) is 26.5 Å². The van der Waals surface area contributed by atoms with Crippen molar-refractivity contribution in [2.24, 2.45) is 9.98 Å². The number of amidine groups is 2. The minimum atomic E-state index is -0.826. The second kappa shape index (κ2) is 12.0. The number of benzene rings is 2. The molecule has 2 N–H and O–H groups in total. The van der Waals surface area contributed by atoms with Crippen LogP contribution in [0.5, 0.6) is 0 Å². The van der Waals surface area contributed by atoms with Crippen molar-refractivity contribution in [1.29, 1.82) is 0 Å². The molecule has 4 atom stereocenters. The number of hydrogen-bond acceptors (Lipinski definition) is 7. The van der Waals surface area contributed by atoms with Gasteiger partial charge in [0, 0.05) is 7.05 Å². The third-order valence-electron chi connectivity index (χ3n) is 4.92. The summed E-state index contributed by atoms with van der Waals surface area (Å²) in [6, 6.07) is 19.2. The summed E-state index contributed by atoms with van der Waals surface area (Å²) in [6.07, 6.45) is -0.742. The van der Waals surface area contributed by atoms with E-state index in [-0.39, 0.29) is 25.4 Å². The van der Waals surface area contributed by atoms with Gasteiger partial charge >= 0.3 is 37.9 Å². The van der Waals surface area contributed by atoms with E-state index < -0.39 is 32.9 Å². The van der Waals surface area contributed by atoms with E-state index in [9.17, 15) is 10.2 Å².